The van der Waals surface area contributed by atoms with Crippen LogP contribution in [0.25, 0.3) is 5.00 Å². The van der Waals surface area contributed by atoms with Crippen LogP contribution in [-0.2, 0) is 11.3 Å². The van der Waals surface area contributed by atoms with E-state index in [9.17, 15) is 4.79 Å². The molecule has 5 heteroatoms. The van der Waals surface area contributed by atoms with Crippen molar-refractivity contribution in [1.29, 1.82) is 0 Å². The normalized spacial score (nSPS) is 10.3. The third-order valence-electron chi connectivity index (χ3n) is 2.16. The van der Waals surface area contributed by atoms with Gasteiger partial charge in [-0.15, -0.1) is 22.9 Å². The fourth-order valence-corrected chi connectivity index (χ4v) is 2.39. The molecule has 16 heavy (non-hydrogen) atoms. The highest BCUT2D eigenvalue weighted by atomic mass is 35.5. The molecule has 0 fully saturated rings. The number of thiophene rings is 1. The van der Waals surface area contributed by atoms with E-state index in [1.54, 1.807) is 11.3 Å². The summed E-state index contributed by atoms with van der Waals surface area (Å²) in [6.07, 6.45) is 3.97. The lowest BCUT2D eigenvalue weighted by molar-refractivity contribution is -0.118. The van der Waals surface area contributed by atoms with Gasteiger partial charge in [-0.25, -0.2) is 0 Å². The summed E-state index contributed by atoms with van der Waals surface area (Å²) in [6, 6.07) is 5.95. The van der Waals surface area contributed by atoms with Crippen molar-refractivity contribution in [3.63, 3.8) is 0 Å². The number of carbonyl (C=O) groups excluding carboxylic acids is 1. The standard InChI is InChI=1S/C11H11ClN2OS/c12-7-10(15)13-8-9-3-6-16-11(9)14-4-1-2-5-14/h1-6H,7-8H2,(H,13,15). The Kier molecular flexibility index (Phi) is 3.64. The van der Waals surface area contributed by atoms with E-state index in [0.717, 1.165) is 10.6 Å². The molecule has 84 valence electrons. The van der Waals surface area contributed by atoms with Crippen molar-refractivity contribution in [2.45, 2.75) is 6.54 Å². The zero-order valence-corrected chi connectivity index (χ0v) is 10.1. The monoisotopic (exact) mass is 254 g/mol. The molecule has 1 amide bonds. The molecule has 0 aliphatic heterocycles. The van der Waals surface area contributed by atoms with Gasteiger partial charge in [-0.3, -0.25) is 4.79 Å². The van der Waals surface area contributed by atoms with Gasteiger partial charge >= 0.3 is 0 Å². The molecular weight excluding hydrogens is 244 g/mol. The summed E-state index contributed by atoms with van der Waals surface area (Å²) in [5.41, 5.74) is 1.10. The highest BCUT2D eigenvalue weighted by Gasteiger charge is 2.06. The molecule has 0 aliphatic rings. The number of halogens is 1. The van der Waals surface area contributed by atoms with Crippen molar-refractivity contribution in [2.24, 2.45) is 0 Å². The third kappa shape index (κ3) is 2.46. The fourth-order valence-electron chi connectivity index (χ4n) is 1.40. The number of hydrogen-bond acceptors (Lipinski definition) is 2. The maximum Gasteiger partial charge on any atom is 0.235 e. The second kappa shape index (κ2) is 5.18. The topological polar surface area (TPSA) is 34.0 Å². The molecule has 3 nitrogen and oxygen atoms in total. The molecule has 0 spiro atoms. The van der Waals surface area contributed by atoms with Crippen LogP contribution in [0.5, 0.6) is 0 Å². The van der Waals surface area contributed by atoms with E-state index in [1.165, 1.54) is 0 Å². The summed E-state index contributed by atoms with van der Waals surface area (Å²) in [4.78, 5) is 11.1. The van der Waals surface area contributed by atoms with E-state index in [-0.39, 0.29) is 11.8 Å². The number of aromatic nitrogens is 1. The maximum absolute atomic E-state index is 11.1. The molecule has 0 bridgehead atoms. The summed E-state index contributed by atoms with van der Waals surface area (Å²) in [5, 5.41) is 5.90. The van der Waals surface area contributed by atoms with E-state index in [2.05, 4.69) is 5.32 Å². The average molecular weight is 255 g/mol. The molecule has 2 aromatic rings. The largest absolute Gasteiger partial charge is 0.351 e. The van der Waals surface area contributed by atoms with Gasteiger partial charge in [-0.05, 0) is 23.6 Å². The Morgan fingerprint density at radius 3 is 2.88 bits per heavy atom. The first kappa shape index (κ1) is 11.2. The van der Waals surface area contributed by atoms with Crippen LogP contribution in [0, 0.1) is 0 Å². The van der Waals surface area contributed by atoms with Gasteiger partial charge in [0, 0.05) is 24.5 Å². The van der Waals surface area contributed by atoms with E-state index in [0.29, 0.717) is 6.54 Å². The van der Waals surface area contributed by atoms with Crippen LogP contribution < -0.4 is 5.32 Å². The van der Waals surface area contributed by atoms with E-state index < -0.39 is 0 Å². The van der Waals surface area contributed by atoms with E-state index >= 15 is 0 Å². The van der Waals surface area contributed by atoms with Crippen molar-refractivity contribution in [1.82, 2.24) is 9.88 Å². The van der Waals surface area contributed by atoms with Gasteiger partial charge < -0.3 is 9.88 Å². The lowest BCUT2D eigenvalue weighted by Crippen LogP contribution is -2.23. The van der Waals surface area contributed by atoms with Crippen LogP contribution >= 0.6 is 22.9 Å². The first-order valence-corrected chi connectivity index (χ1v) is 6.25. The zero-order valence-electron chi connectivity index (χ0n) is 8.52. The van der Waals surface area contributed by atoms with Crippen molar-refractivity contribution in [3.8, 4) is 5.00 Å². The van der Waals surface area contributed by atoms with Gasteiger partial charge in [0.1, 0.15) is 10.9 Å². The number of hydrogen-bond donors (Lipinski definition) is 1. The summed E-state index contributed by atoms with van der Waals surface area (Å²) in [7, 11) is 0. The molecular formula is C11H11ClN2OS. The highest BCUT2D eigenvalue weighted by Crippen LogP contribution is 2.21. The van der Waals surface area contributed by atoms with Gasteiger partial charge in [0.05, 0.1) is 0 Å². The molecule has 2 aromatic heterocycles. The van der Waals surface area contributed by atoms with Crippen LogP contribution in [0.3, 0.4) is 0 Å². The quantitative estimate of drug-likeness (QED) is 0.836. The molecule has 1 N–H and O–H groups in total. The molecule has 0 atom stereocenters. The molecule has 0 aromatic carbocycles. The van der Waals surface area contributed by atoms with Gasteiger partial charge in [0.25, 0.3) is 0 Å². The Morgan fingerprint density at radius 1 is 1.44 bits per heavy atom. The highest BCUT2D eigenvalue weighted by molar-refractivity contribution is 7.12. The summed E-state index contributed by atoms with van der Waals surface area (Å²) in [5.74, 6) is -0.144. The predicted molar refractivity (Wildman–Crippen MR) is 66.2 cm³/mol. The van der Waals surface area contributed by atoms with Crippen molar-refractivity contribution < 1.29 is 4.79 Å². The minimum Gasteiger partial charge on any atom is -0.351 e. The Balaban J connectivity index is 2.11. The van der Waals surface area contributed by atoms with Gasteiger partial charge in [-0.1, -0.05) is 0 Å². The number of amides is 1. The number of alkyl halides is 1. The number of rotatable bonds is 4. The summed E-state index contributed by atoms with van der Waals surface area (Å²) < 4.78 is 2.03. The minimum absolute atomic E-state index is 0.00297. The number of nitrogens with zero attached hydrogens (tertiary/aromatic N) is 1. The second-order valence-corrected chi connectivity index (χ2v) is 4.41. The first-order chi connectivity index (χ1) is 7.81. The van der Waals surface area contributed by atoms with Crippen LogP contribution in [0.4, 0.5) is 0 Å². The summed E-state index contributed by atoms with van der Waals surface area (Å²) in [6.45, 7) is 0.516. The first-order valence-electron chi connectivity index (χ1n) is 4.83. The van der Waals surface area contributed by atoms with Gasteiger partial charge in [0.2, 0.25) is 5.91 Å². The fraction of sp³-hybridized carbons (Fsp3) is 0.182. The van der Waals surface area contributed by atoms with Crippen LogP contribution in [0.1, 0.15) is 5.56 Å². The van der Waals surface area contributed by atoms with Crippen LogP contribution in [0.15, 0.2) is 36.0 Å². The Hall–Kier alpha value is -1.26. The number of carbonyl (C=O) groups is 1. The van der Waals surface area contributed by atoms with Crippen LogP contribution in [-0.4, -0.2) is 16.4 Å². The van der Waals surface area contributed by atoms with Crippen LogP contribution in [0.2, 0.25) is 0 Å². The third-order valence-corrected chi connectivity index (χ3v) is 3.37. The van der Waals surface area contributed by atoms with Crippen molar-refractivity contribution in [3.05, 3.63) is 41.5 Å². The zero-order chi connectivity index (χ0) is 11.4. The molecule has 2 heterocycles. The van der Waals surface area contributed by atoms with E-state index in [1.807, 2.05) is 40.5 Å². The SMILES string of the molecule is O=C(CCl)NCc1ccsc1-n1cccc1. The Bertz CT molecular complexity index is 464. The lowest BCUT2D eigenvalue weighted by atomic mass is 10.3. The molecule has 0 aliphatic carbocycles. The predicted octanol–water partition coefficient (Wildman–Crippen LogP) is 2.39. The average Bonchev–Trinajstić information content (AvgIpc) is 2.95. The second-order valence-electron chi connectivity index (χ2n) is 3.25. The maximum atomic E-state index is 11.1. The molecule has 0 saturated heterocycles. The summed E-state index contributed by atoms with van der Waals surface area (Å²) >= 11 is 7.06. The number of nitrogens with one attached hydrogen (secondary N) is 1. The molecule has 0 radical (unpaired) electrons. The van der Waals surface area contributed by atoms with Gasteiger partial charge in [0.15, 0.2) is 0 Å². The molecule has 0 unspecified atom stereocenters. The Labute approximate surface area is 103 Å². The molecule has 2 rings (SSSR count). The smallest absolute Gasteiger partial charge is 0.235 e. The van der Waals surface area contributed by atoms with Gasteiger partial charge in [-0.2, -0.15) is 0 Å². The molecule has 0 saturated carbocycles. The van der Waals surface area contributed by atoms with Crippen molar-refractivity contribution >= 4 is 28.8 Å². The Morgan fingerprint density at radius 2 is 2.19 bits per heavy atom. The lowest BCUT2D eigenvalue weighted by Gasteiger charge is -2.05. The van der Waals surface area contributed by atoms with Crippen molar-refractivity contribution in [2.75, 3.05) is 5.88 Å². The van der Waals surface area contributed by atoms with E-state index in [4.69, 9.17) is 11.6 Å². The minimum atomic E-state index is -0.147.